The molecule has 0 N–H and O–H groups in total. The minimum Gasteiger partial charge on any atom is -0.303 e. The predicted molar refractivity (Wildman–Crippen MR) is 45.2 cm³/mol. The van der Waals surface area contributed by atoms with Crippen molar-refractivity contribution in [1.29, 1.82) is 0 Å². The molecule has 0 aliphatic rings. The fourth-order valence-corrected chi connectivity index (χ4v) is 0.451. The van der Waals surface area contributed by atoms with Crippen LogP contribution in [-0.2, 0) is 0 Å². The highest BCUT2D eigenvalue weighted by molar-refractivity contribution is 5.85. The van der Waals surface area contributed by atoms with Crippen molar-refractivity contribution >= 4 is 12.4 Å². The Kier molecular flexibility index (Phi) is 7.98. The molecular formula is C7H16ClN. The molecule has 0 bridgehead atoms. The first-order chi connectivity index (χ1) is 3.68. The van der Waals surface area contributed by atoms with E-state index in [0.717, 1.165) is 0 Å². The minimum absolute atomic E-state index is 0. The third kappa shape index (κ3) is 5.87. The minimum atomic E-state index is 0. The number of halogens is 1. The Morgan fingerprint density at radius 1 is 1.33 bits per heavy atom. The van der Waals surface area contributed by atoms with Crippen molar-refractivity contribution in [1.82, 2.24) is 4.90 Å². The highest BCUT2D eigenvalue weighted by atomic mass is 35.5. The number of hydrogen-bond acceptors (Lipinski definition) is 1. The van der Waals surface area contributed by atoms with Crippen molar-refractivity contribution in [3.05, 3.63) is 12.2 Å². The van der Waals surface area contributed by atoms with Gasteiger partial charge in [0.2, 0.25) is 0 Å². The largest absolute Gasteiger partial charge is 0.303 e. The summed E-state index contributed by atoms with van der Waals surface area (Å²) in [5.74, 6) is 0. The van der Waals surface area contributed by atoms with Gasteiger partial charge in [0.15, 0.2) is 0 Å². The zero-order valence-electron chi connectivity index (χ0n) is 6.59. The normalized spacial score (nSPS) is 13.9. The zero-order valence-corrected chi connectivity index (χ0v) is 7.40. The average molecular weight is 150 g/mol. The second-order valence-electron chi connectivity index (χ2n) is 2.23. The Balaban J connectivity index is 0. The maximum absolute atomic E-state index is 2.17. The van der Waals surface area contributed by atoms with Crippen LogP contribution in [0.15, 0.2) is 12.2 Å². The summed E-state index contributed by atoms with van der Waals surface area (Å²) in [4.78, 5) is 2.17. The monoisotopic (exact) mass is 149 g/mol. The van der Waals surface area contributed by atoms with E-state index in [-0.39, 0.29) is 12.4 Å². The van der Waals surface area contributed by atoms with Crippen molar-refractivity contribution in [2.24, 2.45) is 0 Å². The molecule has 2 heteroatoms. The van der Waals surface area contributed by atoms with Gasteiger partial charge in [0, 0.05) is 6.04 Å². The second kappa shape index (κ2) is 6.12. The molecule has 0 aliphatic heterocycles. The lowest BCUT2D eigenvalue weighted by molar-refractivity contribution is 0.364. The Morgan fingerprint density at radius 2 is 1.78 bits per heavy atom. The Labute approximate surface area is 64.2 Å². The van der Waals surface area contributed by atoms with E-state index in [2.05, 4.69) is 38.1 Å². The zero-order chi connectivity index (χ0) is 6.57. The summed E-state index contributed by atoms with van der Waals surface area (Å²) >= 11 is 0. The van der Waals surface area contributed by atoms with E-state index in [4.69, 9.17) is 0 Å². The number of rotatable bonds is 2. The van der Waals surface area contributed by atoms with Crippen LogP contribution in [0, 0.1) is 0 Å². The molecule has 0 aromatic heterocycles. The van der Waals surface area contributed by atoms with Crippen molar-refractivity contribution < 1.29 is 0 Å². The lowest BCUT2D eigenvalue weighted by Gasteiger charge is -2.14. The fraction of sp³-hybridized carbons (Fsp3) is 0.714. The fourth-order valence-electron chi connectivity index (χ4n) is 0.451. The smallest absolute Gasteiger partial charge is 0.0243 e. The molecule has 1 nitrogen and oxygen atoms in total. The van der Waals surface area contributed by atoms with Crippen LogP contribution in [0.3, 0.4) is 0 Å². The van der Waals surface area contributed by atoms with Crippen LogP contribution in [-0.4, -0.2) is 25.0 Å². The number of likely N-dealkylation sites (N-methyl/N-ethyl adjacent to an activating group) is 1. The van der Waals surface area contributed by atoms with Crippen LogP contribution >= 0.6 is 12.4 Å². The molecule has 9 heavy (non-hydrogen) atoms. The third-order valence-electron chi connectivity index (χ3n) is 1.29. The third-order valence-corrected chi connectivity index (χ3v) is 1.29. The predicted octanol–water partition coefficient (Wildman–Crippen LogP) is 1.93. The number of allylic oxidation sites excluding steroid dienone is 1. The molecule has 56 valence electrons. The first kappa shape index (κ1) is 11.7. The van der Waals surface area contributed by atoms with Gasteiger partial charge in [-0.2, -0.15) is 0 Å². The maximum Gasteiger partial charge on any atom is 0.0243 e. The van der Waals surface area contributed by atoms with E-state index in [1.165, 1.54) is 0 Å². The van der Waals surface area contributed by atoms with Crippen molar-refractivity contribution in [3.63, 3.8) is 0 Å². The van der Waals surface area contributed by atoms with Crippen molar-refractivity contribution in [2.75, 3.05) is 14.1 Å². The van der Waals surface area contributed by atoms with Gasteiger partial charge < -0.3 is 4.90 Å². The lowest BCUT2D eigenvalue weighted by Crippen LogP contribution is -2.21. The van der Waals surface area contributed by atoms with Crippen LogP contribution in [0.5, 0.6) is 0 Å². The molecule has 0 aromatic rings. The van der Waals surface area contributed by atoms with Gasteiger partial charge >= 0.3 is 0 Å². The van der Waals surface area contributed by atoms with Gasteiger partial charge in [-0.05, 0) is 27.9 Å². The molecule has 1 unspecified atom stereocenters. The molecule has 0 saturated carbocycles. The standard InChI is InChI=1S/C7H15N.ClH/c1-5-6-7(2)8(3)4;/h5-7H,1-4H3;1H/b6-5+;. The Bertz CT molecular complexity index is 79.0. The van der Waals surface area contributed by atoms with Gasteiger partial charge in [-0.1, -0.05) is 12.2 Å². The van der Waals surface area contributed by atoms with Crippen LogP contribution in [0.25, 0.3) is 0 Å². The lowest BCUT2D eigenvalue weighted by atomic mass is 10.3. The first-order valence-corrected chi connectivity index (χ1v) is 2.97. The van der Waals surface area contributed by atoms with Crippen molar-refractivity contribution in [2.45, 2.75) is 19.9 Å². The van der Waals surface area contributed by atoms with E-state index in [0.29, 0.717) is 6.04 Å². The molecule has 0 aliphatic carbocycles. The van der Waals surface area contributed by atoms with Gasteiger partial charge in [-0.3, -0.25) is 0 Å². The van der Waals surface area contributed by atoms with Crippen LogP contribution < -0.4 is 0 Å². The van der Waals surface area contributed by atoms with Gasteiger partial charge in [0.25, 0.3) is 0 Å². The molecule has 0 heterocycles. The first-order valence-electron chi connectivity index (χ1n) is 2.97. The van der Waals surface area contributed by atoms with E-state index in [1.807, 2.05) is 6.92 Å². The van der Waals surface area contributed by atoms with Gasteiger partial charge in [-0.25, -0.2) is 0 Å². The van der Waals surface area contributed by atoms with Gasteiger partial charge in [0.05, 0.1) is 0 Å². The highest BCUT2D eigenvalue weighted by Gasteiger charge is 1.94. The van der Waals surface area contributed by atoms with E-state index >= 15 is 0 Å². The summed E-state index contributed by atoms with van der Waals surface area (Å²) in [5, 5.41) is 0. The summed E-state index contributed by atoms with van der Waals surface area (Å²) in [6.45, 7) is 4.21. The summed E-state index contributed by atoms with van der Waals surface area (Å²) in [6, 6.07) is 0.569. The summed E-state index contributed by atoms with van der Waals surface area (Å²) in [7, 11) is 4.15. The Hall–Kier alpha value is -0.0100. The van der Waals surface area contributed by atoms with Crippen LogP contribution in [0.2, 0.25) is 0 Å². The van der Waals surface area contributed by atoms with Gasteiger partial charge in [-0.15, -0.1) is 12.4 Å². The molecular weight excluding hydrogens is 134 g/mol. The number of hydrogen-bond donors (Lipinski definition) is 0. The molecule has 0 fully saturated rings. The number of nitrogens with zero attached hydrogens (tertiary/aromatic N) is 1. The molecule has 0 saturated heterocycles. The van der Waals surface area contributed by atoms with E-state index < -0.39 is 0 Å². The molecule has 0 aromatic carbocycles. The van der Waals surface area contributed by atoms with E-state index in [1.54, 1.807) is 0 Å². The van der Waals surface area contributed by atoms with Crippen molar-refractivity contribution in [3.8, 4) is 0 Å². The molecule has 0 spiro atoms. The summed E-state index contributed by atoms with van der Waals surface area (Å²) in [6.07, 6.45) is 4.24. The molecule has 0 rings (SSSR count). The summed E-state index contributed by atoms with van der Waals surface area (Å²) in [5.41, 5.74) is 0. The second-order valence-corrected chi connectivity index (χ2v) is 2.23. The molecule has 1 atom stereocenters. The topological polar surface area (TPSA) is 3.24 Å². The summed E-state index contributed by atoms with van der Waals surface area (Å²) < 4.78 is 0. The maximum atomic E-state index is 2.17. The van der Waals surface area contributed by atoms with Gasteiger partial charge in [0.1, 0.15) is 0 Å². The average Bonchev–Trinajstić information content (AvgIpc) is 1.67. The Morgan fingerprint density at radius 3 is 1.89 bits per heavy atom. The SMILES string of the molecule is C/C=C/C(C)N(C)C.Cl. The highest BCUT2D eigenvalue weighted by Crippen LogP contribution is 1.91. The molecule has 0 amide bonds. The molecule has 0 radical (unpaired) electrons. The van der Waals surface area contributed by atoms with Crippen LogP contribution in [0.4, 0.5) is 0 Å². The van der Waals surface area contributed by atoms with E-state index in [9.17, 15) is 0 Å². The van der Waals surface area contributed by atoms with Crippen LogP contribution in [0.1, 0.15) is 13.8 Å². The quantitative estimate of drug-likeness (QED) is 0.543.